The summed E-state index contributed by atoms with van der Waals surface area (Å²) in [7, 11) is 0. The van der Waals surface area contributed by atoms with E-state index in [0.29, 0.717) is 6.04 Å². The van der Waals surface area contributed by atoms with Gasteiger partial charge in [0.2, 0.25) is 0 Å². The second-order valence-corrected chi connectivity index (χ2v) is 4.62. The van der Waals surface area contributed by atoms with Gasteiger partial charge in [-0.25, -0.2) is 4.99 Å². The molecule has 0 bridgehead atoms. The number of hydrogen-bond acceptors (Lipinski definition) is 3. The monoisotopic (exact) mass is 210 g/mol. The minimum absolute atomic E-state index is 0.607. The highest BCUT2D eigenvalue weighted by Gasteiger charge is 2.26. The number of nitrogens with one attached hydrogen (secondary N) is 1. The van der Waals surface area contributed by atoms with Gasteiger partial charge in [-0.3, -0.25) is 0 Å². The standard InChI is InChI=1S/C12H22N2O/c1-2-5-10-6-3-4-7-11(10)14-12-13-8-9-15-12/h10-11H,2-9H2,1H3,(H,13,14)/t10-,11-/m0/s1. The molecule has 15 heavy (non-hydrogen) atoms. The van der Waals surface area contributed by atoms with Crippen molar-refractivity contribution in [2.75, 3.05) is 13.2 Å². The molecule has 0 radical (unpaired) electrons. The molecule has 0 saturated heterocycles. The molecule has 1 heterocycles. The molecule has 0 amide bonds. The fraction of sp³-hybridized carbons (Fsp3) is 0.917. The maximum absolute atomic E-state index is 5.42. The highest BCUT2D eigenvalue weighted by Crippen LogP contribution is 2.28. The molecular formula is C12H22N2O. The van der Waals surface area contributed by atoms with E-state index < -0.39 is 0 Å². The second kappa shape index (κ2) is 5.38. The summed E-state index contributed by atoms with van der Waals surface area (Å²) in [4.78, 5) is 4.31. The van der Waals surface area contributed by atoms with E-state index >= 15 is 0 Å². The van der Waals surface area contributed by atoms with Crippen LogP contribution in [0.5, 0.6) is 0 Å². The molecule has 0 unspecified atom stereocenters. The first-order chi connectivity index (χ1) is 7.40. The molecule has 2 atom stereocenters. The van der Waals surface area contributed by atoms with Crippen LogP contribution in [0.2, 0.25) is 0 Å². The highest BCUT2D eigenvalue weighted by atomic mass is 16.5. The summed E-state index contributed by atoms with van der Waals surface area (Å²) < 4.78 is 5.42. The molecule has 2 aliphatic rings. The molecule has 86 valence electrons. The minimum Gasteiger partial charge on any atom is -0.463 e. The lowest BCUT2D eigenvalue weighted by atomic mass is 9.82. The number of ether oxygens (including phenoxy) is 1. The van der Waals surface area contributed by atoms with Crippen LogP contribution in [0.3, 0.4) is 0 Å². The largest absolute Gasteiger partial charge is 0.463 e. The Hall–Kier alpha value is -0.730. The highest BCUT2D eigenvalue weighted by molar-refractivity contribution is 5.75. The average molecular weight is 210 g/mol. The lowest BCUT2D eigenvalue weighted by Crippen LogP contribution is -2.42. The van der Waals surface area contributed by atoms with E-state index in [9.17, 15) is 0 Å². The number of aliphatic imine (C=N–C) groups is 1. The third kappa shape index (κ3) is 2.86. The van der Waals surface area contributed by atoms with Crippen LogP contribution in [0.25, 0.3) is 0 Å². The van der Waals surface area contributed by atoms with Crippen molar-refractivity contribution in [3.63, 3.8) is 0 Å². The van der Waals surface area contributed by atoms with Crippen LogP contribution in [-0.2, 0) is 4.74 Å². The summed E-state index contributed by atoms with van der Waals surface area (Å²) >= 11 is 0. The van der Waals surface area contributed by atoms with Gasteiger partial charge in [-0.15, -0.1) is 0 Å². The van der Waals surface area contributed by atoms with E-state index in [-0.39, 0.29) is 0 Å². The lowest BCUT2D eigenvalue weighted by molar-refractivity contribution is 0.249. The maximum atomic E-state index is 5.42. The Kier molecular flexibility index (Phi) is 3.87. The summed E-state index contributed by atoms with van der Waals surface area (Å²) in [5.74, 6) is 0.829. The van der Waals surface area contributed by atoms with E-state index in [4.69, 9.17) is 4.74 Å². The summed E-state index contributed by atoms with van der Waals surface area (Å²) in [6.45, 7) is 3.86. The predicted octanol–water partition coefficient (Wildman–Crippen LogP) is 2.32. The van der Waals surface area contributed by atoms with Crippen LogP contribution in [0, 0.1) is 5.92 Å². The molecule has 0 aromatic rings. The first-order valence-electron chi connectivity index (χ1n) is 6.34. The van der Waals surface area contributed by atoms with Crippen molar-refractivity contribution in [3.05, 3.63) is 0 Å². The fourth-order valence-corrected chi connectivity index (χ4v) is 2.70. The summed E-state index contributed by atoms with van der Waals surface area (Å²) in [6.07, 6.45) is 8.04. The van der Waals surface area contributed by atoms with Crippen molar-refractivity contribution in [2.45, 2.75) is 51.5 Å². The Bertz CT molecular complexity index is 226. The third-order valence-electron chi connectivity index (χ3n) is 3.46. The van der Waals surface area contributed by atoms with Gasteiger partial charge in [-0.1, -0.05) is 26.2 Å². The second-order valence-electron chi connectivity index (χ2n) is 4.62. The first kappa shape index (κ1) is 10.8. The zero-order chi connectivity index (χ0) is 10.5. The quantitative estimate of drug-likeness (QED) is 0.775. The molecule has 0 aromatic heterocycles. The zero-order valence-electron chi connectivity index (χ0n) is 9.67. The van der Waals surface area contributed by atoms with E-state index in [2.05, 4.69) is 17.2 Å². The average Bonchev–Trinajstić information content (AvgIpc) is 2.74. The molecule has 0 spiro atoms. The van der Waals surface area contributed by atoms with Crippen LogP contribution in [0.4, 0.5) is 0 Å². The lowest BCUT2D eigenvalue weighted by Gasteiger charge is -2.32. The molecule has 3 heteroatoms. The first-order valence-corrected chi connectivity index (χ1v) is 6.34. The molecule has 1 saturated carbocycles. The van der Waals surface area contributed by atoms with E-state index in [0.717, 1.165) is 25.1 Å². The van der Waals surface area contributed by atoms with Gasteiger partial charge < -0.3 is 10.1 Å². The van der Waals surface area contributed by atoms with Crippen LogP contribution < -0.4 is 5.32 Å². The van der Waals surface area contributed by atoms with Crippen molar-refractivity contribution in [3.8, 4) is 0 Å². The maximum Gasteiger partial charge on any atom is 0.285 e. The SMILES string of the molecule is CCC[C@H]1CCCC[C@@H]1NC1=NCCO1. The summed E-state index contributed by atoms with van der Waals surface area (Å²) in [5.41, 5.74) is 0. The topological polar surface area (TPSA) is 33.6 Å². The Labute approximate surface area is 92.3 Å². The van der Waals surface area contributed by atoms with Crippen LogP contribution in [-0.4, -0.2) is 25.2 Å². The molecule has 1 aliphatic carbocycles. The molecule has 1 fully saturated rings. The third-order valence-corrected chi connectivity index (χ3v) is 3.46. The van der Waals surface area contributed by atoms with Gasteiger partial charge in [0.05, 0.1) is 6.54 Å². The van der Waals surface area contributed by atoms with Gasteiger partial charge in [-0.2, -0.15) is 0 Å². The normalized spacial score (nSPS) is 30.9. The van der Waals surface area contributed by atoms with E-state index in [1.807, 2.05) is 0 Å². The number of amidine groups is 1. The zero-order valence-corrected chi connectivity index (χ0v) is 9.67. The Morgan fingerprint density at radius 1 is 1.40 bits per heavy atom. The molecule has 1 aliphatic heterocycles. The van der Waals surface area contributed by atoms with E-state index in [1.54, 1.807) is 0 Å². The number of hydrogen-bond donors (Lipinski definition) is 1. The van der Waals surface area contributed by atoms with Crippen molar-refractivity contribution < 1.29 is 4.74 Å². The molecule has 0 aromatic carbocycles. The van der Waals surface area contributed by atoms with Crippen LogP contribution in [0.1, 0.15) is 45.4 Å². The van der Waals surface area contributed by atoms with E-state index in [1.165, 1.54) is 38.5 Å². The van der Waals surface area contributed by atoms with Crippen molar-refractivity contribution in [2.24, 2.45) is 10.9 Å². The van der Waals surface area contributed by atoms with Crippen molar-refractivity contribution in [1.82, 2.24) is 5.32 Å². The van der Waals surface area contributed by atoms with Crippen LogP contribution >= 0.6 is 0 Å². The van der Waals surface area contributed by atoms with Gasteiger partial charge >= 0.3 is 0 Å². The summed E-state index contributed by atoms with van der Waals surface area (Å²) in [6, 6.07) is 1.40. The predicted molar refractivity (Wildman–Crippen MR) is 62.0 cm³/mol. The number of rotatable bonds is 3. The molecule has 2 rings (SSSR count). The smallest absolute Gasteiger partial charge is 0.285 e. The van der Waals surface area contributed by atoms with Gasteiger partial charge in [0.1, 0.15) is 6.61 Å². The van der Waals surface area contributed by atoms with Gasteiger partial charge in [-0.05, 0) is 25.2 Å². The van der Waals surface area contributed by atoms with Crippen molar-refractivity contribution >= 4 is 6.02 Å². The Morgan fingerprint density at radius 3 is 3.00 bits per heavy atom. The molecule has 1 N–H and O–H groups in total. The number of nitrogens with zero attached hydrogens (tertiary/aromatic N) is 1. The van der Waals surface area contributed by atoms with Gasteiger partial charge in [0, 0.05) is 6.04 Å². The minimum atomic E-state index is 0.607. The van der Waals surface area contributed by atoms with Crippen LogP contribution in [0.15, 0.2) is 4.99 Å². The Morgan fingerprint density at radius 2 is 2.27 bits per heavy atom. The van der Waals surface area contributed by atoms with Gasteiger partial charge in [0.25, 0.3) is 6.02 Å². The Balaban J connectivity index is 1.86. The summed E-state index contributed by atoms with van der Waals surface area (Å²) in [5, 5.41) is 3.48. The fourth-order valence-electron chi connectivity index (χ4n) is 2.70. The van der Waals surface area contributed by atoms with Gasteiger partial charge in [0.15, 0.2) is 0 Å². The molecule has 3 nitrogen and oxygen atoms in total. The van der Waals surface area contributed by atoms with Crippen molar-refractivity contribution in [1.29, 1.82) is 0 Å². The molecular weight excluding hydrogens is 188 g/mol.